The highest BCUT2D eigenvalue weighted by Gasteiger charge is 2.30. The Morgan fingerprint density at radius 1 is 1.11 bits per heavy atom. The van der Waals surface area contributed by atoms with Gasteiger partial charge in [-0.1, -0.05) is 0 Å². The van der Waals surface area contributed by atoms with Crippen LogP contribution in [-0.4, -0.2) is 5.97 Å². The van der Waals surface area contributed by atoms with Crippen LogP contribution in [0, 0.1) is 0 Å². The maximum absolute atomic E-state index is 12.3. The van der Waals surface area contributed by atoms with Gasteiger partial charge < -0.3 is 4.74 Å². The predicted octanol–water partition coefficient (Wildman–Crippen LogP) is 3.99. The van der Waals surface area contributed by atoms with Crippen LogP contribution in [0.15, 0.2) is 41.8 Å². The zero-order chi connectivity index (χ0) is 13.2. The highest BCUT2D eigenvalue weighted by molar-refractivity contribution is 7.11. The zero-order valence-electron chi connectivity index (χ0n) is 8.90. The molecule has 18 heavy (non-hydrogen) atoms. The van der Waals surface area contributed by atoms with Crippen molar-refractivity contribution in [2.45, 2.75) is 6.18 Å². The van der Waals surface area contributed by atoms with E-state index in [9.17, 15) is 18.0 Å². The summed E-state index contributed by atoms with van der Waals surface area (Å²) in [5, 5.41) is 2.13. The minimum atomic E-state index is -4.41. The van der Waals surface area contributed by atoms with Crippen LogP contribution in [0.4, 0.5) is 13.2 Å². The second-order valence-corrected chi connectivity index (χ2v) is 4.31. The lowest BCUT2D eigenvalue weighted by Crippen LogP contribution is -2.09. The summed E-state index contributed by atoms with van der Waals surface area (Å²) >= 11 is 1.23. The normalized spacial score (nSPS) is 11.3. The molecule has 2 rings (SSSR count). The van der Waals surface area contributed by atoms with Gasteiger partial charge in [0.1, 0.15) is 0 Å². The summed E-state index contributed by atoms with van der Waals surface area (Å²) in [5.74, 6) is -0.675. The number of hydrogen-bond donors (Lipinski definition) is 0. The number of esters is 1. The Balaban J connectivity index is 2.12. The molecule has 2 nitrogen and oxygen atoms in total. The molecule has 6 heteroatoms. The molecule has 1 aromatic heterocycles. The molecule has 0 aliphatic rings. The number of hydrogen-bond acceptors (Lipinski definition) is 3. The van der Waals surface area contributed by atoms with Crippen molar-refractivity contribution < 1.29 is 22.7 Å². The van der Waals surface area contributed by atoms with E-state index in [0.717, 1.165) is 24.3 Å². The van der Waals surface area contributed by atoms with E-state index in [1.807, 2.05) is 0 Å². The zero-order valence-corrected chi connectivity index (χ0v) is 9.72. The first-order valence-corrected chi connectivity index (χ1v) is 5.78. The summed E-state index contributed by atoms with van der Waals surface area (Å²) < 4.78 is 41.9. The first-order valence-electron chi connectivity index (χ1n) is 4.90. The van der Waals surface area contributed by atoms with Crippen molar-refractivity contribution in [3.8, 4) is 5.06 Å². The van der Waals surface area contributed by atoms with Crippen LogP contribution in [0.3, 0.4) is 0 Å². The van der Waals surface area contributed by atoms with Gasteiger partial charge in [-0.25, -0.2) is 4.79 Å². The average molecular weight is 272 g/mol. The molecule has 0 aliphatic heterocycles. The fraction of sp³-hybridized carbons (Fsp3) is 0.0833. The number of carbonyl (C=O) groups excluding carboxylic acids is 1. The number of carbonyl (C=O) groups is 1. The van der Waals surface area contributed by atoms with Crippen LogP contribution < -0.4 is 4.74 Å². The summed E-state index contributed by atoms with van der Waals surface area (Å²) in [6, 6.07) is 7.21. The van der Waals surface area contributed by atoms with E-state index < -0.39 is 17.7 Å². The molecular weight excluding hydrogens is 265 g/mol. The van der Waals surface area contributed by atoms with E-state index in [1.165, 1.54) is 11.3 Å². The van der Waals surface area contributed by atoms with Gasteiger partial charge in [-0.2, -0.15) is 13.2 Å². The van der Waals surface area contributed by atoms with Crippen LogP contribution in [-0.2, 0) is 6.18 Å². The van der Waals surface area contributed by atoms with Gasteiger partial charge in [-0.3, -0.25) is 0 Å². The fourth-order valence-corrected chi connectivity index (χ4v) is 1.84. The van der Waals surface area contributed by atoms with E-state index in [0.29, 0.717) is 5.06 Å². The van der Waals surface area contributed by atoms with Gasteiger partial charge in [0.2, 0.25) is 0 Å². The fourth-order valence-electron chi connectivity index (χ4n) is 1.27. The SMILES string of the molecule is O=C(Oc1cccs1)c1ccc(C(F)(F)F)cc1. The molecular formula is C12H7F3O2S. The van der Waals surface area contributed by atoms with E-state index in [-0.39, 0.29) is 5.56 Å². The summed E-state index contributed by atoms with van der Waals surface area (Å²) in [4.78, 5) is 11.6. The van der Waals surface area contributed by atoms with Crippen molar-refractivity contribution >= 4 is 17.3 Å². The lowest BCUT2D eigenvalue weighted by molar-refractivity contribution is -0.137. The average Bonchev–Trinajstić information content (AvgIpc) is 2.81. The van der Waals surface area contributed by atoms with Crippen LogP contribution in [0.1, 0.15) is 15.9 Å². The molecule has 0 radical (unpaired) electrons. The Morgan fingerprint density at radius 2 is 1.78 bits per heavy atom. The third-order valence-corrected chi connectivity index (χ3v) is 2.88. The first kappa shape index (κ1) is 12.6. The molecule has 0 saturated carbocycles. The summed E-state index contributed by atoms with van der Waals surface area (Å²) in [6.07, 6.45) is -4.41. The minimum absolute atomic E-state index is 0.0800. The van der Waals surface area contributed by atoms with Crippen molar-refractivity contribution in [1.82, 2.24) is 0 Å². The molecule has 0 bridgehead atoms. The van der Waals surface area contributed by atoms with Gasteiger partial charge in [0.15, 0.2) is 5.06 Å². The van der Waals surface area contributed by atoms with E-state index in [2.05, 4.69) is 0 Å². The highest BCUT2D eigenvalue weighted by atomic mass is 32.1. The number of benzene rings is 1. The Hall–Kier alpha value is -1.82. The van der Waals surface area contributed by atoms with Crippen molar-refractivity contribution in [2.75, 3.05) is 0 Å². The van der Waals surface area contributed by atoms with Crippen LogP contribution in [0.2, 0.25) is 0 Å². The third kappa shape index (κ3) is 2.89. The second kappa shape index (κ2) is 4.81. The van der Waals surface area contributed by atoms with Gasteiger partial charge >= 0.3 is 12.1 Å². The summed E-state index contributed by atoms with van der Waals surface area (Å²) in [7, 11) is 0. The minimum Gasteiger partial charge on any atom is -0.412 e. The van der Waals surface area contributed by atoms with Crippen LogP contribution >= 0.6 is 11.3 Å². The lowest BCUT2D eigenvalue weighted by atomic mass is 10.1. The first-order chi connectivity index (χ1) is 8.47. The van der Waals surface area contributed by atoms with Gasteiger partial charge in [0.05, 0.1) is 11.1 Å². The molecule has 1 heterocycles. The second-order valence-electron chi connectivity index (χ2n) is 3.40. The largest absolute Gasteiger partial charge is 0.416 e. The van der Waals surface area contributed by atoms with Crippen molar-refractivity contribution in [3.05, 3.63) is 52.9 Å². The summed E-state index contributed by atoms with van der Waals surface area (Å²) in [5.41, 5.74) is -0.716. The third-order valence-electron chi connectivity index (χ3n) is 2.14. The molecule has 0 amide bonds. The summed E-state index contributed by atoms with van der Waals surface area (Å²) in [6.45, 7) is 0. The monoisotopic (exact) mass is 272 g/mol. The molecule has 0 fully saturated rings. The Morgan fingerprint density at radius 3 is 2.28 bits per heavy atom. The molecule has 1 aromatic carbocycles. The molecule has 0 N–H and O–H groups in total. The number of halogens is 3. The standard InChI is InChI=1S/C12H7F3O2S/c13-12(14,15)9-5-3-8(4-6-9)11(16)17-10-2-1-7-18-10/h1-7H. The number of rotatable bonds is 2. The van der Waals surface area contributed by atoms with Crippen molar-refractivity contribution in [3.63, 3.8) is 0 Å². The van der Waals surface area contributed by atoms with E-state index in [4.69, 9.17) is 4.74 Å². The molecule has 0 unspecified atom stereocenters. The Labute approximate surface area is 105 Å². The van der Waals surface area contributed by atoms with Gasteiger partial charge in [0.25, 0.3) is 0 Å². The maximum Gasteiger partial charge on any atom is 0.416 e. The predicted molar refractivity (Wildman–Crippen MR) is 60.7 cm³/mol. The maximum atomic E-state index is 12.3. The topological polar surface area (TPSA) is 26.3 Å². The molecule has 0 spiro atoms. The number of thiophene rings is 1. The van der Waals surface area contributed by atoms with Gasteiger partial charge in [-0.15, -0.1) is 11.3 Å². The smallest absolute Gasteiger partial charge is 0.412 e. The Kier molecular flexibility index (Phi) is 3.38. The molecule has 2 aromatic rings. The van der Waals surface area contributed by atoms with Crippen LogP contribution in [0.5, 0.6) is 5.06 Å². The van der Waals surface area contributed by atoms with Gasteiger partial charge in [0, 0.05) is 0 Å². The molecule has 0 atom stereocenters. The molecule has 0 saturated heterocycles. The molecule has 0 aliphatic carbocycles. The van der Waals surface area contributed by atoms with E-state index >= 15 is 0 Å². The highest BCUT2D eigenvalue weighted by Crippen LogP contribution is 2.29. The van der Waals surface area contributed by atoms with Gasteiger partial charge in [-0.05, 0) is 41.8 Å². The van der Waals surface area contributed by atoms with Crippen molar-refractivity contribution in [2.24, 2.45) is 0 Å². The van der Waals surface area contributed by atoms with E-state index in [1.54, 1.807) is 17.5 Å². The lowest BCUT2D eigenvalue weighted by Gasteiger charge is -2.07. The molecule has 94 valence electrons. The van der Waals surface area contributed by atoms with Crippen LogP contribution in [0.25, 0.3) is 0 Å². The quantitative estimate of drug-likeness (QED) is 0.773. The number of ether oxygens (including phenoxy) is 1. The number of alkyl halides is 3. The van der Waals surface area contributed by atoms with Crippen molar-refractivity contribution in [1.29, 1.82) is 0 Å². The Bertz CT molecular complexity index is 529.